The molecule has 0 heterocycles. The van der Waals surface area contributed by atoms with Crippen LogP contribution in [0, 0.1) is 4.91 Å². The average molecular weight is 76.0 g/mol. The highest BCUT2D eigenvalue weighted by atomic mass is 19.1. The van der Waals surface area contributed by atoms with Crippen molar-refractivity contribution in [3.8, 4) is 0 Å². The van der Waals surface area contributed by atoms with Gasteiger partial charge in [-0.1, -0.05) is 5.10 Å². The van der Waals surface area contributed by atoms with Gasteiger partial charge in [0, 0.05) is 0 Å². The van der Waals surface area contributed by atoms with Crippen molar-refractivity contribution in [2.45, 2.75) is 0 Å². The van der Waals surface area contributed by atoms with Gasteiger partial charge in [-0.15, -0.1) is 4.91 Å². The summed E-state index contributed by atoms with van der Waals surface area (Å²) < 4.78 is 10.4. The Morgan fingerprint density at radius 2 is 2.40 bits per heavy atom. The number of nitroso groups, excluding NO2 is 1. The highest BCUT2D eigenvalue weighted by Crippen LogP contribution is 1.59. The summed E-state index contributed by atoms with van der Waals surface area (Å²) in [4.78, 5) is 8.72. The van der Waals surface area contributed by atoms with Gasteiger partial charge < -0.3 is 0 Å². The third-order valence-corrected chi connectivity index (χ3v) is 0.0908. The minimum Gasteiger partial charge on any atom is -0.192 e. The lowest BCUT2D eigenvalue weighted by Crippen LogP contribution is -1.43. The van der Waals surface area contributed by atoms with E-state index in [2.05, 4.69) is 5.10 Å². The minimum absolute atomic E-state index is 0.174. The number of rotatable bonds is 1. The van der Waals surface area contributed by atoms with Crippen LogP contribution in [0.1, 0.15) is 0 Å². The lowest BCUT2D eigenvalue weighted by Gasteiger charge is -1.48. The zero-order valence-electron chi connectivity index (χ0n) is 2.26. The maximum absolute atomic E-state index is 10.4. The zero-order chi connectivity index (χ0) is 4.12. The van der Waals surface area contributed by atoms with E-state index in [-0.39, 0.29) is 6.47 Å². The summed E-state index contributed by atoms with van der Waals surface area (Å²) in [5, 5.41) is 4.05. The molecule has 0 saturated heterocycles. The maximum Gasteiger partial charge on any atom is 0.201 e. The number of hydrogen-bond acceptors (Lipinski definition) is 2. The Morgan fingerprint density at radius 3 is 2.40 bits per heavy atom. The summed E-state index contributed by atoms with van der Waals surface area (Å²) in [6.07, 6.45) is 0. The van der Waals surface area contributed by atoms with Gasteiger partial charge in [-0.2, -0.15) is 4.39 Å². The molecule has 0 fully saturated rings. The van der Waals surface area contributed by atoms with Crippen LogP contribution in [0.2, 0.25) is 0 Å². The van der Waals surface area contributed by atoms with Crippen molar-refractivity contribution in [3.05, 3.63) is 4.91 Å². The van der Waals surface area contributed by atoms with E-state index in [1.54, 1.807) is 5.29 Å². The average Bonchev–Trinajstić information content (AvgIpc) is 1.41. The molecule has 0 rings (SSSR count). The molecule has 0 saturated carbocycles. The van der Waals surface area contributed by atoms with Gasteiger partial charge in [-0.05, 0) is 0 Å². The maximum atomic E-state index is 10.4. The molecule has 0 N–H and O–H groups in total. The monoisotopic (exact) mass is 76.0 g/mol. The Morgan fingerprint density at radius 1 is 1.80 bits per heavy atom. The molecule has 0 unspecified atom stereocenters. The van der Waals surface area contributed by atoms with E-state index in [0.29, 0.717) is 0 Å². The predicted molar refractivity (Wildman–Crippen MR) is 15.4 cm³/mol. The molecule has 0 aliphatic rings. The van der Waals surface area contributed by atoms with Crippen LogP contribution in [-0.2, 0) is 0 Å². The third-order valence-electron chi connectivity index (χ3n) is 0.0908. The topological polar surface area (TPSA) is 41.8 Å². The van der Waals surface area contributed by atoms with Gasteiger partial charge in [-0.3, -0.25) is 0 Å². The highest BCUT2D eigenvalue weighted by Gasteiger charge is 1.51. The summed E-state index contributed by atoms with van der Waals surface area (Å²) in [6.45, 7) is -0.174. The molecule has 3 nitrogen and oxygen atoms in total. The second kappa shape index (κ2) is 3.20. The van der Waals surface area contributed by atoms with E-state index in [4.69, 9.17) is 4.91 Å². The van der Waals surface area contributed by atoms with Crippen molar-refractivity contribution >= 4 is 6.47 Å². The standard InChI is InChI=1S/CHFN2O/c2-1-3-4-5/h1H/b3-1+. The van der Waals surface area contributed by atoms with Gasteiger partial charge in [0.2, 0.25) is 6.47 Å². The molecule has 5 heavy (non-hydrogen) atoms. The van der Waals surface area contributed by atoms with Crippen LogP contribution in [0.15, 0.2) is 10.4 Å². The molecule has 0 atom stereocenters. The van der Waals surface area contributed by atoms with E-state index in [9.17, 15) is 4.39 Å². The van der Waals surface area contributed by atoms with Crippen molar-refractivity contribution < 1.29 is 4.39 Å². The summed E-state index contributed by atoms with van der Waals surface area (Å²) in [7, 11) is 0. The molecule has 28 valence electrons. The highest BCUT2D eigenvalue weighted by molar-refractivity contribution is 5.43. The Balaban J connectivity index is 2.92. The minimum atomic E-state index is -0.174. The van der Waals surface area contributed by atoms with Crippen molar-refractivity contribution in [3.63, 3.8) is 0 Å². The fraction of sp³-hybridized carbons (Fsp3) is 0. The summed E-state index contributed by atoms with van der Waals surface area (Å²) in [5.41, 5.74) is 0. The lowest BCUT2D eigenvalue weighted by molar-refractivity contribution is 0.831. The number of nitrogens with zero attached hydrogens (tertiary/aromatic N) is 2. The molecular formula is CHFN2O. The SMILES string of the molecule is O=N/N=C/F. The molecule has 0 amide bonds. The smallest absolute Gasteiger partial charge is 0.192 e. The van der Waals surface area contributed by atoms with Crippen LogP contribution < -0.4 is 0 Å². The first-order valence-corrected chi connectivity index (χ1v) is 0.859. The second-order valence-electron chi connectivity index (χ2n) is 0.295. The van der Waals surface area contributed by atoms with Crippen molar-refractivity contribution in [1.82, 2.24) is 0 Å². The van der Waals surface area contributed by atoms with Crippen LogP contribution in [-0.4, -0.2) is 6.47 Å². The first-order chi connectivity index (χ1) is 2.41. The van der Waals surface area contributed by atoms with E-state index in [1.807, 2.05) is 0 Å². The first kappa shape index (κ1) is 4.20. The number of hydrogen-bond donors (Lipinski definition) is 0. The fourth-order valence-electron chi connectivity index (χ4n) is 0.0178. The molecule has 4 heteroatoms. The van der Waals surface area contributed by atoms with Crippen molar-refractivity contribution in [2.24, 2.45) is 10.4 Å². The zero-order valence-corrected chi connectivity index (χ0v) is 2.26. The molecule has 0 radical (unpaired) electrons. The van der Waals surface area contributed by atoms with Crippen LogP contribution in [0.25, 0.3) is 0 Å². The number of halogens is 1. The van der Waals surface area contributed by atoms with Crippen molar-refractivity contribution in [2.75, 3.05) is 0 Å². The van der Waals surface area contributed by atoms with E-state index in [1.165, 1.54) is 0 Å². The lowest BCUT2D eigenvalue weighted by atomic mass is 11.6. The molecular weight excluding hydrogens is 75.0 g/mol. The van der Waals surface area contributed by atoms with Gasteiger partial charge in [0.1, 0.15) is 0 Å². The van der Waals surface area contributed by atoms with Crippen LogP contribution in [0.3, 0.4) is 0 Å². The Labute approximate surface area is 27.5 Å². The summed E-state index contributed by atoms with van der Waals surface area (Å²) in [6, 6.07) is 0. The molecule has 0 aromatic rings. The van der Waals surface area contributed by atoms with E-state index in [0.717, 1.165) is 0 Å². The normalized spacial score (nSPS) is 9.00. The van der Waals surface area contributed by atoms with Gasteiger partial charge in [0.05, 0.1) is 5.29 Å². The Kier molecular flexibility index (Phi) is 2.69. The summed E-state index contributed by atoms with van der Waals surface area (Å²) in [5.74, 6) is 0. The molecule has 0 aromatic heterocycles. The van der Waals surface area contributed by atoms with E-state index < -0.39 is 0 Å². The second-order valence-corrected chi connectivity index (χ2v) is 0.295. The van der Waals surface area contributed by atoms with Crippen LogP contribution in [0.5, 0.6) is 0 Å². The quantitative estimate of drug-likeness (QED) is 0.257. The van der Waals surface area contributed by atoms with Crippen LogP contribution in [0.4, 0.5) is 4.39 Å². The molecule has 0 aliphatic heterocycles. The third kappa shape index (κ3) is 3.20. The Bertz CT molecular complexity index is 51.6. The Hall–Kier alpha value is -0.800. The van der Waals surface area contributed by atoms with Crippen molar-refractivity contribution in [1.29, 1.82) is 0 Å². The fourth-order valence-corrected chi connectivity index (χ4v) is 0.0178. The van der Waals surface area contributed by atoms with Gasteiger partial charge in [0.25, 0.3) is 0 Å². The largest absolute Gasteiger partial charge is 0.201 e. The van der Waals surface area contributed by atoms with Gasteiger partial charge >= 0.3 is 0 Å². The van der Waals surface area contributed by atoms with Crippen LogP contribution >= 0.6 is 0 Å². The predicted octanol–water partition coefficient (Wildman–Crippen LogP) is 0.666. The molecule has 0 aliphatic carbocycles. The molecule has 0 bridgehead atoms. The molecule has 0 aromatic carbocycles. The molecule has 0 spiro atoms. The first-order valence-electron chi connectivity index (χ1n) is 0.859. The van der Waals surface area contributed by atoms with Gasteiger partial charge in [-0.25, -0.2) is 0 Å². The summed E-state index contributed by atoms with van der Waals surface area (Å²) >= 11 is 0. The van der Waals surface area contributed by atoms with E-state index >= 15 is 0 Å². The van der Waals surface area contributed by atoms with Gasteiger partial charge in [0.15, 0.2) is 0 Å².